The van der Waals surface area contributed by atoms with E-state index in [-0.39, 0.29) is 5.57 Å². The van der Waals surface area contributed by atoms with Crippen LogP contribution < -0.4 is 11.1 Å². The zero-order chi connectivity index (χ0) is 13.3. The predicted octanol–water partition coefficient (Wildman–Crippen LogP) is 1.27. The summed E-state index contributed by atoms with van der Waals surface area (Å²) in [5, 5.41) is 10.2. The van der Waals surface area contributed by atoms with Crippen molar-refractivity contribution in [1.82, 2.24) is 5.32 Å². The molecule has 0 amide bonds. The molecule has 5 nitrogen and oxygen atoms in total. The Kier molecular flexibility index (Phi) is 7.75. The minimum atomic E-state index is -0.734. The van der Waals surface area contributed by atoms with Crippen molar-refractivity contribution in [2.75, 3.05) is 13.1 Å². The molecule has 17 heavy (non-hydrogen) atoms. The summed E-state index contributed by atoms with van der Waals surface area (Å²) < 4.78 is 4.13. The van der Waals surface area contributed by atoms with Crippen LogP contribution in [-0.4, -0.2) is 25.3 Å². The van der Waals surface area contributed by atoms with E-state index in [2.05, 4.69) is 16.2 Å². The molecule has 4 N–H and O–H groups in total. The molecule has 0 rings (SSSR count). The first-order valence-electron chi connectivity index (χ1n) is 4.96. The van der Waals surface area contributed by atoms with Crippen LogP contribution in [0.3, 0.4) is 0 Å². The SMILES string of the molecule is C=C/C(C(=O)OCl)=C(NCCN)\C(C=N)=C/C. The third-order valence-corrected chi connectivity index (χ3v) is 2.10. The second-order valence-corrected chi connectivity index (χ2v) is 3.12. The number of nitrogens with one attached hydrogen (secondary N) is 2. The van der Waals surface area contributed by atoms with Crippen molar-refractivity contribution in [3.8, 4) is 0 Å². The molecule has 0 aliphatic heterocycles. The molecule has 0 aliphatic carbocycles. The molecular weight excluding hydrogens is 242 g/mol. The zero-order valence-corrected chi connectivity index (χ0v) is 10.4. The molecule has 0 saturated carbocycles. The summed E-state index contributed by atoms with van der Waals surface area (Å²) in [6.45, 7) is 6.11. The van der Waals surface area contributed by atoms with E-state index in [9.17, 15) is 4.79 Å². The van der Waals surface area contributed by atoms with E-state index in [4.69, 9.17) is 23.0 Å². The van der Waals surface area contributed by atoms with E-state index in [0.717, 1.165) is 6.21 Å². The fraction of sp³-hybridized carbons (Fsp3) is 0.273. The number of carbonyl (C=O) groups excluding carboxylic acids is 1. The fourth-order valence-corrected chi connectivity index (χ4v) is 1.26. The topological polar surface area (TPSA) is 88.2 Å². The van der Waals surface area contributed by atoms with Crippen LogP contribution in [-0.2, 0) is 9.08 Å². The van der Waals surface area contributed by atoms with Crippen LogP contribution in [0.5, 0.6) is 0 Å². The van der Waals surface area contributed by atoms with Gasteiger partial charge < -0.3 is 20.7 Å². The van der Waals surface area contributed by atoms with E-state index in [1.807, 2.05) is 0 Å². The average molecular weight is 258 g/mol. The third-order valence-electron chi connectivity index (χ3n) is 1.96. The van der Waals surface area contributed by atoms with Crippen LogP contribution in [0.1, 0.15) is 6.92 Å². The van der Waals surface area contributed by atoms with Crippen LogP contribution >= 0.6 is 11.9 Å². The van der Waals surface area contributed by atoms with Crippen molar-refractivity contribution in [3.63, 3.8) is 0 Å². The minimum Gasteiger partial charge on any atom is -0.383 e. The molecule has 0 atom stereocenters. The van der Waals surface area contributed by atoms with Crippen LogP contribution in [0, 0.1) is 5.41 Å². The molecule has 0 radical (unpaired) electrons. The lowest BCUT2D eigenvalue weighted by Gasteiger charge is -2.13. The Morgan fingerprint density at radius 3 is 2.65 bits per heavy atom. The van der Waals surface area contributed by atoms with Crippen LogP contribution in [0.25, 0.3) is 0 Å². The van der Waals surface area contributed by atoms with E-state index in [1.54, 1.807) is 13.0 Å². The van der Waals surface area contributed by atoms with Gasteiger partial charge in [0.15, 0.2) is 0 Å². The summed E-state index contributed by atoms with van der Waals surface area (Å²) in [4.78, 5) is 11.4. The molecule has 0 fully saturated rings. The molecule has 0 saturated heterocycles. The number of nitrogens with two attached hydrogens (primary N) is 1. The van der Waals surface area contributed by atoms with Crippen molar-refractivity contribution in [2.45, 2.75) is 6.92 Å². The van der Waals surface area contributed by atoms with E-state index in [0.29, 0.717) is 24.4 Å². The average Bonchev–Trinajstić information content (AvgIpc) is 2.36. The van der Waals surface area contributed by atoms with Crippen molar-refractivity contribution < 1.29 is 9.08 Å². The van der Waals surface area contributed by atoms with Gasteiger partial charge in [-0.05, 0) is 6.92 Å². The molecule has 6 heteroatoms. The quantitative estimate of drug-likeness (QED) is 0.364. The maximum atomic E-state index is 11.4. The number of hydrogen-bond donors (Lipinski definition) is 3. The smallest absolute Gasteiger partial charge is 0.358 e. The summed E-state index contributed by atoms with van der Waals surface area (Å²) in [6.07, 6.45) is 4.11. The normalized spacial score (nSPS) is 12.5. The summed E-state index contributed by atoms with van der Waals surface area (Å²) >= 11 is 5.03. The molecular formula is C11H16ClN3O2. The molecule has 0 aromatic carbocycles. The molecule has 0 spiro atoms. The Morgan fingerprint density at radius 2 is 2.29 bits per heavy atom. The van der Waals surface area contributed by atoms with Crippen LogP contribution in [0.15, 0.2) is 35.6 Å². The van der Waals surface area contributed by atoms with Gasteiger partial charge in [-0.2, -0.15) is 0 Å². The lowest BCUT2D eigenvalue weighted by atomic mass is 10.1. The zero-order valence-electron chi connectivity index (χ0n) is 9.63. The van der Waals surface area contributed by atoms with Crippen molar-refractivity contribution in [2.24, 2.45) is 5.73 Å². The summed E-state index contributed by atoms with van der Waals surface area (Å²) in [5.41, 5.74) is 6.49. The maximum Gasteiger partial charge on any atom is 0.358 e. The molecule has 0 bridgehead atoms. The molecule has 0 aliphatic rings. The van der Waals surface area contributed by atoms with Gasteiger partial charge in [0.25, 0.3) is 0 Å². The highest BCUT2D eigenvalue weighted by molar-refractivity contribution is 6.16. The van der Waals surface area contributed by atoms with Gasteiger partial charge in [0, 0.05) is 24.9 Å². The Hall–Kier alpha value is -1.59. The summed E-state index contributed by atoms with van der Waals surface area (Å²) in [5.74, 6) is -0.734. The Labute approximate surface area is 106 Å². The summed E-state index contributed by atoms with van der Waals surface area (Å²) in [6, 6.07) is 0. The maximum absolute atomic E-state index is 11.4. The fourth-order valence-electron chi connectivity index (χ4n) is 1.18. The van der Waals surface area contributed by atoms with Crippen LogP contribution in [0.2, 0.25) is 0 Å². The highest BCUT2D eigenvalue weighted by Gasteiger charge is 2.15. The molecule has 0 aromatic rings. The molecule has 0 unspecified atom stereocenters. The third kappa shape index (κ3) is 4.42. The molecule has 0 aromatic heterocycles. The number of halogens is 1. The second kappa shape index (κ2) is 8.55. The first-order valence-corrected chi connectivity index (χ1v) is 5.27. The molecule has 94 valence electrons. The number of carbonyl (C=O) groups is 1. The van der Waals surface area contributed by atoms with E-state index >= 15 is 0 Å². The van der Waals surface area contributed by atoms with Crippen LogP contribution in [0.4, 0.5) is 0 Å². The van der Waals surface area contributed by atoms with Crippen molar-refractivity contribution >= 4 is 24.0 Å². The highest BCUT2D eigenvalue weighted by Crippen LogP contribution is 2.14. The monoisotopic (exact) mass is 257 g/mol. The lowest BCUT2D eigenvalue weighted by molar-refractivity contribution is -0.129. The predicted molar refractivity (Wildman–Crippen MR) is 68.8 cm³/mol. The standard InChI is InChI=1S/C11H16ClN3O2/c1-3-8(7-14)10(15-6-5-13)9(4-2)11(16)17-12/h3-4,7,14-15H,2,5-6,13H2,1H3/b8-3-,10-9-,14-7?. The highest BCUT2D eigenvalue weighted by atomic mass is 35.5. The number of hydrogen-bond acceptors (Lipinski definition) is 5. The van der Waals surface area contributed by atoms with Crippen molar-refractivity contribution in [1.29, 1.82) is 5.41 Å². The number of allylic oxidation sites excluding steroid dienone is 2. The minimum absolute atomic E-state index is 0.157. The first kappa shape index (κ1) is 15.4. The van der Waals surface area contributed by atoms with Gasteiger partial charge in [0.05, 0.1) is 11.3 Å². The van der Waals surface area contributed by atoms with Gasteiger partial charge in [0.1, 0.15) is 11.9 Å². The lowest BCUT2D eigenvalue weighted by Crippen LogP contribution is -2.26. The van der Waals surface area contributed by atoms with Gasteiger partial charge in [-0.25, -0.2) is 4.79 Å². The van der Waals surface area contributed by atoms with Gasteiger partial charge in [0.2, 0.25) is 0 Å². The molecule has 0 heterocycles. The van der Waals surface area contributed by atoms with E-state index < -0.39 is 5.97 Å². The number of rotatable bonds is 7. The van der Waals surface area contributed by atoms with E-state index in [1.165, 1.54) is 6.08 Å². The Balaban J connectivity index is 5.51. The van der Waals surface area contributed by atoms with Gasteiger partial charge >= 0.3 is 5.97 Å². The largest absolute Gasteiger partial charge is 0.383 e. The Bertz CT molecular complexity index is 362. The summed E-state index contributed by atoms with van der Waals surface area (Å²) in [7, 11) is 0. The second-order valence-electron chi connectivity index (χ2n) is 2.96. The first-order chi connectivity index (χ1) is 8.15. The van der Waals surface area contributed by atoms with Gasteiger partial charge in [-0.15, -0.1) is 0 Å². The van der Waals surface area contributed by atoms with Crippen molar-refractivity contribution in [3.05, 3.63) is 35.6 Å². The Morgan fingerprint density at radius 1 is 1.65 bits per heavy atom. The van der Waals surface area contributed by atoms with Gasteiger partial charge in [-0.3, -0.25) is 0 Å². The van der Waals surface area contributed by atoms with Gasteiger partial charge in [-0.1, -0.05) is 18.7 Å².